The minimum Gasteiger partial charge on any atom is -0.326 e. The molecule has 1 saturated heterocycles. The third kappa shape index (κ3) is 4.63. The van der Waals surface area contributed by atoms with Gasteiger partial charge in [0.2, 0.25) is 15.9 Å². The van der Waals surface area contributed by atoms with Crippen LogP contribution in [0, 0.1) is 5.92 Å². The Bertz CT molecular complexity index is 1250. The molecular weight excluding hydrogens is 441 g/mol. The number of anilines is 1. The molecule has 0 bridgehead atoms. The molecule has 0 aliphatic carbocycles. The summed E-state index contributed by atoms with van der Waals surface area (Å²) in [4.78, 5) is 12.7. The van der Waals surface area contributed by atoms with Crippen LogP contribution in [-0.4, -0.2) is 31.7 Å². The van der Waals surface area contributed by atoms with Gasteiger partial charge in [-0.15, -0.1) is 0 Å². The quantitative estimate of drug-likeness (QED) is 0.600. The van der Waals surface area contributed by atoms with E-state index in [1.807, 2.05) is 24.3 Å². The smallest absolute Gasteiger partial charge is 0.326 e. The molecule has 168 valence electrons. The highest BCUT2D eigenvalue weighted by molar-refractivity contribution is 7.89. The number of nitrogens with zero attached hydrogens (tertiary/aromatic N) is 1. The van der Waals surface area contributed by atoms with E-state index in [1.54, 1.807) is 18.2 Å². The number of sulfonamides is 1. The molecule has 0 aromatic heterocycles. The lowest BCUT2D eigenvalue weighted by Crippen LogP contribution is -2.41. The van der Waals surface area contributed by atoms with Crippen LogP contribution in [0.2, 0.25) is 0 Å². The number of benzene rings is 3. The van der Waals surface area contributed by atoms with E-state index in [-0.39, 0.29) is 36.5 Å². The Labute approximate surface area is 183 Å². The lowest BCUT2D eigenvalue weighted by molar-refractivity contribution is -0.137. The van der Waals surface area contributed by atoms with Gasteiger partial charge in [-0.1, -0.05) is 36.4 Å². The molecule has 0 spiro atoms. The molecule has 32 heavy (non-hydrogen) atoms. The van der Waals surface area contributed by atoms with Crippen molar-refractivity contribution in [1.29, 1.82) is 0 Å². The maximum atomic E-state index is 13.0. The number of piperidine rings is 1. The zero-order valence-electron chi connectivity index (χ0n) is 17.0. The molecule has 4 rings (SSSR count). The summed E-state index contributed by atoms with van der Waals surface area (Å²) in [5, 5.41) is 4.29. The zero-order chi connectivity index (χ0) is 22.9. The second-order valence-electron chi connectivity index (χ2n) is 7.76. The number of alkyl halides is 3. The summed E-state index contributed by atoms with van der Waals surface area (Å²) >= 11 is 0. The normalized spacial score (nSPS) is 16.2. The second-order valence-corrected chi connectivity index (χ2v) is 9.69. The van der Waals surface area contributed by atoms with Crippen molar-refractivity contribution >= 4 is 32.4 Å². The number of hydrogen-bond acceptors (Lipinski definition) is 3. The molecule has 0 radical (unpaired) electrons. The Morgan fingerprint density at radius 1 is 0.906 bits per heavy atom. The summed E-state index contributed by atoms with van der Waals surface area (Å²) in [7, 11) is -3.71. The van der Waals surface area contributed by atoms with Gasteiger partial charge in [0.15, 0.2) is 0 Å². The molecular formula is C23H21F3N2O3S. The monoisotopic (exact) mass is 462 g/mol. The Morgan fingerprint density at radius 2 is 1.59 bits per heavy atom. The molecule has 0 atom stereocenters. The summed E-state index contributed by atoms with van der Waals surface area (Å²) in [6, 6.07) is 16.9. The van der Waals surface area contributed by atoms with E-state index in [9.17, 15) is 26.4 Å². The maximum Gasteiger partial charge on any atom is 0.416 e. The first-order valence-corrected chi connectivity index (χ1v) is 11.6. The fourth-order valence-corrected chi connectivity index (χ4v) is 5.36. The van der Waals surface area contributed by atoms with Crippen LogP contribution in [-0.2, 0) is 21.0 Å². The number of halogens is 3. The van der Waals surface area contributed by atoms with E-state index in [0.717, 1.165) is 22.9 Å². The van der Waals surface area contributed by atoms with Crippen molar-refractivity contribution in [3.63, 3.8) is 0 Å². The maximum absolute atomic E-state index is 13.0. The van der Waals surface area contributed by atoms with Crippen LogP contribution < -0.4 is 5.32 Å². The van der Waals surface area contributed by atoms with Crippen LogP contribution >= 0.6 is 0 Å². The van der Waals surface area contributed by atoms with Crippen molar-refractivity contribution in [2.24, 2.45) is 5.92 Å². The molecule has 1 N–H and O–H groups in total. The third-order valence-corrected chi connectivity index (χ3v) is 7.54. The number of nitrogens with one attached hydrogen (secondary N) is 1. The van der Waals surface area contributed by atoms with Gasteiger partial charge >= 0.3 is 6.18 Å². The summed E-state index contributed by atoms with van der Waals surface area (Å²) in [5.74, 6) is -0.889. The van der Waals surface area contributed by atoms with Crippen molar-refractivity contribution < 1.29 is 26.4 Å². The van der Waals surface area contributed by atoms with E-state index in [4.69, 9.17) is 0 Å². The number of hydrogen-bond donors (Lipinski definition) is 1. The molecule has 1 aliphatic rings. The van der Waals surface area contributed by atoms with Crippen LogP contribution in [0.25, 0.3) is 10.8 Å². The summed E-state index contributed by atoms with van der Waals surface area (Å²) < 4.78 is 66.0. The average Bonchev–Trinajstić information content (AvgIpc) is 2.78. The predicted octanol–water partition coefficient (Wildman–Crippen LogP) is 4.90. The van der Waals surface area contributed by atoms with E-state index < -0.39 is 33.6 Å². The minimum absolute atomic E-state index is 0.0658. The Kier molecular flexibility index (Phi) is 5.96. The van der Waals surface area contributed by atoms with Gasteiger partial charge < -0.3 is 5.32 Å². The van der Waals surface area contributed by atoms with Gasteiger partial charge in [0, 0.05) is 24.7 Å². The first-order chi connectivity index (χ1) is 15.1. The lowest BCUT2D eigenvalue weighted by atomic mass is 9.97. The van der Waals surface area contributed by atoms with Crippen LogP contribution in [0.4, 0.5) is 18.9 Å². The van der Waals surface area contributed by atoms with Gasteiger partial charge in [-0.3, -0.25) is 4.79 Å². The first-order valence-electron chi connectivity index (χ1n) is 10.1. The van der Waals surface area contributed by atoms with Crippen LogP contribution in [0.5, 0.6) is 0 Å². The minimum atomic E-state index is -4.50. The molecule has 1 fully saturated rings. The number of rotatable bonds is 4. The van der Waals surface area contributed by atoms with Crippen LogP contribution in [0.3, 0.4) is 0 Å². The van der Waals surface area contributed by atoms with Gasteiger partial charge in [-0.25, -0.2) is 8.42 Å². The van der Waals surface area contributed by atoms with Crippen molar-refractivity contribution in [2.75, 3.05) is 18.4 Å². The molecule has 5 nitrogen and oxygen atoms in total. The standard InChI is InChI=1S/C23H21F3N2O3S/c24-23(25,26)19-6-3-7-20(15-19)27-22(29)17-10-12-28(13-11-17)32(30,31)21-9-8-16-4-1-2-5-18(16)14-21/h1-9,14-15,17H,10-13H2,(H,27,29). The Hall–Kier alpha value is -2.91. The zero-order valence-corrected chi connectivity index (χ0v) is 17.8. The topological polar surface area (TPSA) is 66.5 Å². The molecule has 9 heteroatoms. The molecule has 1 heterocycles. The summed E-state index contributed by atoms with van der Waals surface area (Å²) in [6.07, 6.45) is -3.92. The van der Waals surface area contributed by atoms with Gasteiger partial charge in [0.1, 0.15) is 0 Å². The SMILES string of the molecule is O=C(Nc1cccc(C(F)(F)F)c1)C1CCN(S(=O)(=O)c2ccc3ccccc3c2)CC1. The van der Waals surface area contributed by atoms with Gasteiger partial charge in [-0.05, 0) is 53.9 Å². The first kappa shape index (κ1) is 22.3. The third-order valence-electron chi connectivity index (χ3n) is 5.64. The summed E-state index contributed by atoms with van der Waals surface area (Å²) in [6.45, 7) is 0.325. The van der Waals surface area contributed by atoms with Gasteiger partial charge in [-0.2, -0.15) is 17.5 Å². The number of fused-ring (bicyclic) bond motifs is 1. The van der Waals surface area contributed by atoms with E-state index in [1.165, 1.54) is 16.4 Å². The molecule has 3 aromatic carbocycles. The highest BCUT2D eigenvalue weighted by Gasteiger charge is 2.33. The fraction of sp³-hybridized carbons (Fsp3) is 0.261. The van der Waals surface area contributed by atoms with Gasteiger partial charge in [0.25, 0.3) is 0 Å². The van der Waals surface area contributed by atoms with E-state index >= 15 is 0 Å². The largest absolute Gasteiger partial charge is 0.416 e. The fourth-order valence-electron chi connectivity index (χ4n) is 3.85. The van der Waals surface area contributed by atoms with Crippen LogP contribution in [0.1, 0.15) is 18.4 Å². The molecule has 3 aromatic rings. The van der Waals surface area contributed by atoms with Crippen molar-refractivity contribution in [3.8, 4) is 0 Å². The Morgan fingerprint density at radius 3 is 2.28 bits per heavy atom. The highest BCUT2D eigenvalue weighted by atomic mass is 32.2. The lowest BCUT2D eigenvalue weighted by Gasteiger charge is -2.30. The van der Waals surface area contributed by atoms with E-state index in [0.29, 0.717) is 0 Å². The Balaban J connectivity index is 1.41. The van der Waals surface area contributed by atoms with E-state index in [2.05, 4.69) is 5.32 Å². The average molecular weight is 462 g/mol. The van der Waals surface area contributed by atoms with Gasteiger partial charge in [0.05, 0.1) is 10.5 Å². The van der Waals surface area contributed by atoms with Crippen molar-refractivity contribution in [3.05, 3.63) is 72.3 Å². The number of carbonyl (C=O) groups is 1. The molecule has 1 amide bonds. The predicted molar refractivity (Wildman–Crippen MR) is 116 cm³/mol. The van der Waals surface area contributed by atoms with Crippen molar-refractivity contribution in [2.45, 2.75) is 23.9 Å². The molecule has 0 saturated carbocycles. The highest BCUT2D eigenvalue weighted by Crippen LogP contribution is 2.31. The molecule has 1 aliphatic heterocycles. The second kappa shape index (κ2) is 8.55. The summed E-state index contributed by atoms with van der Waals surface area (Å²) in [5.41, 5.74) is -0.775. The number of carbonyl (C=O) groups excluding carboxylic acids is 1. The van der Waals surface area contributed by atoms with Crippen molar-refractivity contribution in [1.82, 2.24) is 4.31 Å². The molecule has 0 unspecified atom stereocenters. The van der Waals surface area contributed by atoms with Crippen LogP contribution in [0.15, 0.2) is 71.6 Å². The number of amides is 1.